The number of aromatic nitrogens is 1. The molecule has 2 unspecified atom stereocenters. The van der Waals surface area contributed by atoms with Gasteiger partial charge in [0.05, 0.1) is 11.0 Å². The molecule has 5 heteroatoms. The third-order valence-electron chi connectivity index (χ3n) is 11.9. The molecule has 11 rings (SSSR count). The van der Waals surface area contributed by atoms with E-state index in [9.17, 15) is 0 Å². The minimum atomic E-state index is -0.235. The van der Waals surface area contributed by atoms with Crippen LogP contribution in [0.1, 0.15) is 78.7 Å². The summed E-state index contributed by atoms with van der Waals surface area (Å²) in [6.45, 7) is 0. The maximum Gasteiger partial charge on any atom is 0.137 e. The fourth-order valence-corrected chi connectivity index (χ4v) is 9.25. The average molecular weight is 727 g/mol. The van der Waals surface area contributed by atoms with Crippen molar-refractivity contribution in [3.8, 4) is 5.69 Å². The Morgan fingerprint density at radius 1 is 0.643 bits per heavy atom. The third kappa shape index (κ3) is 5.61. The van der Waals surface area contributed by atoms with E-state index in [0.29, 0.717) is 0 Å². The molecule has 0 bridgehead atoms. The number of allylic oxidation sites excluding steroid dienone is 6. The van der Waals surface area contributed by atoms with Gasteiger partial charge in [-0.05, 0) is 103 Å². The average Bonchev–Trinajstić information content (AvgIpc) is 3.83. The number of para-hydroxylation sites is 1. The van der Waals surface area contributed by atoms with E-state index in [-0.39, 0.29) is 12.3 Å². The zero-order valence-corrected chi connectivity index (χ0v) is 31.2. The zero-order valence-electron chi connectivity index (χ0n) is 31.2. The highest BCUT2D eigenvalue weighted by Gasteiger charge is 2.28. The van der Waals surface area contributed by atoms with Crippen LogP contribution in [0.5, 0.6) is 0 Å². The Morgan fingerprint density at radius 3 is 2.39 bits per heavy atom. The number of furan rings is 1. The zero-order chi connectivity index (χ0) is 37.0. The predicted octanol–water partition coefficient (Wildman–Crippen LogP) is 12.7. The van der Waals surface area contributed by atoms with Gasteiger partial charge >= 0.3 is 0 Å². The van der Waals surface area contributed by atoms with E-state index in [1.54, 1.807) is 0 Å². The van der Waals surface area contributed by atoms with Gasteiger partial charge in [-0.15, -0.1) is 0 Å². The van der Waals surface area contributed by atoms with Crippen molar-refractivity contribution in [1.29, 1.82) is 0 Å². The van der Waals surface area contributed by atoms with Crippen LogP contribution in [0.15, 0.2) is 167 Å². The molecule has 2 N–H and O–H groups in total. The summed E-state index contributed by atoms with van der Waals surface area (Å²) in [5, 5.41) is 12.5. The lowest BCUT2D eigenvalue weighted by atomic mass is 9.92. The van der Waals surface area contributed by atoms with Crippen LogP contribution in [0.4, 0.5) is 0 Å². The second kappa shape index (κ2) is 13.7. The van der Waals surface area contributed by atoms with Crippen molar-refractivity contribution in [2.75, 3.05) is 0 Å². The summed E-state index contributed by atoms with van der Waals surface area (Å²) in [6, 6.07) is 48.1. The molecular weight excluding hydrogens is 685 g/mol. The summed E-state index contributed by atoms with van der Waals surface area (Å²) in [6.07, 6.45) is 15.6. The number of nitrogens with zero attached hydrogens (tertiary/aromatic N) is 2. The molecule has 0 saturated carbocycles. The monoisotopic (exact) mass is 726 g/mol. The van der Waals surface area contributed by atoms with Crippen molar-refractivity contribution in [2.24, 2.45) is 4.99 Å². The van der Waals surface area contributed by atoms with Crippen LogP contribution in [0.2, 0.25) is 0 Å². The van der Waals surface area contributed by atoms with Crippen molar-refractivity contribution < 1.29 is 4.42 Å². The largest absolute Gasteiger partial charge is 0.456 e. The third-order valence-corrected chi connectivity index (χ3v) is 11.9. The van der Waals surface area contributed by atoms with Gasteiger partial charge < -0.3 is 14.3 Å². The molecule has 2 aliphatic carbocycles. The van der Waals surface area contributed by atoms with Crippen LogP contribution in [0.25, 0.3) is 60.6 Å². The lowest BCUT2D eigenvalue weighted by molar-refractivity contribution is 0.411. The smallest absolute Gasteiger partial charge is 0.137 e. The SMILES string of the molecule is C1=CCCC(c2cccc3c2c2ccccc2n3-c2ccc3c(c2)oc2cccc(C4NC(c5ccccc5)=NC(c5cccc(C6=CCCCC6)c5)N4)c23)=C1. The van der Waals surface area contributed by atoms with Gasteiger partial charge in [0, 0.05) is 44.4 Å². The Balaban J connectivity index is 1.02. The molecule has 0 fully saturated rings. The van der Waals surface area contributed by atoms with E-state index in [0.717, 1.165) is 75.8 Å². The second-order valence-electron chi connectivity index (χ2n) is 15.3. The van der Waals surface area contributed by atoms with Crippen molar-refractivity contribution in [1.82, 2.24) is 15.2 Å². The van der Waals surface area contributed by atoms with E-state index >= 15 is 0 Å². The highest BCUT2D eigenvalue weighted by molar-refractivity contribution is 6.14. The molecule has 3 aliphatic rings. The quantitative estimate of drug-likeness (QED) is 0.179. The van der Waals surface area contributed by atoms with Crippen LogP contribution < -0.4 is 10.6 Å². The number of fused-ring (bicyclic) bond motifs is 6. The van der Waals surface area contributed by atoms with Gasteiger partial charge in [-0.2, -0.15) is 0 Å². The molecule has 5 nitrogen and oxygen atoms in total. The number of nitrogens with one attached hydrogen (secondary N) is 2. The highest BCUT2D eigenvalue weighted by Crippen LogP contribution is 2.41. The van der Waals surface area contributed by atoms with Crippen LogP contribution in [-0.4, -0.2) is 10.4 Å². The number of amidine groups is 1. The molecule has 0 radical (unpaired) electrons. The van der Waals surface area contributed by atoms with E-state index in [1.807, 2.05) is 0 Å². The lowest BCUT2D eigenvalue weighted by Gasteiger charge is -2.32. The lowest BCUT2D eigenvalue weighted by Crippen LogP contribution is -2.45. The van der Waals surface area contributed by atoms with Gasteiger partial charge in [0.2, 0.25) is 0 Å². The van der Waals surface area contributed by atoms with Gasteiger partial charge in [-0.1, -0.05) is 115 Å². The molecule has 6 aromatic carbocycles. The Bertz CT molecular complexity index is 2940. The first kappa shape index (κ1) is 33.0. The van der Waals surface area contributed by atoms with E-state index in [2.05, 4.69) is 173 Å². The predicted molar refractivity (Wildman–Crippen MR) is 232 cm³/mol. The number of hydrogen-bond acceptors (Lipinski definition) is 4. The Labute approximate surface area is 326 Å². The van der Waals surface area contributed by atoms with Gasteiger partial charge in [0.15, 0.2) is 0 Å². The maximum absolute atomic E-state index is 6.75. The maximum atomic E-state index is 6.75. The summed E-state index contributed by atoms with van der Waals surface area (Å²) in [5.74, 6) is 0.875. The van der Waals surface area contributed by atoms with Crippen LogP contribution in [0.3, 0.4) is 0 Å². The minimum absolute atomic E-state index is 0.214. The first-order valence-corrected chi connectivity index (χ1v) is 20.1. The summed E-state index contributed by atoms with van der Waals surface area (Å²) >= 11 is 0. The van der Waals surface area contributed by atoms with Gasteiger partial charge in [0.1, 0.15) is 29.3 Å². The van der Waals surface area contributed by atoms with Crippen molar-refractivity contribution in [3.63, 3.8) is 0 Å². The first-order chi connectivity index (χ1) is 27.8. The van der Waals surface area contributed by atoms with Gasteiger partial charge in [-0.3, -0.25) is 5.32 Å². The van der Waals surface area contributed by atoms with E-state index < -0.39 is 0 Å². The Morgan fingerprint density at radius 2 is 1.50 bits per heavy atom. The number of rotatable bonds is 6. The molecular formula is C51H42N4O. The van der Waals surface area contributed by atoms with E-state index in [1.165, 1.54) is 56.9 Å². The summed E-state index contributed by atoms with van der Waals surface area (Å²) < 4.78 is 9.15. The standard InChI is InChI=1S/C51H42N4O/c1-4-15-33(16-5-1)36-21-12-22-37(31-36)50-52-49(35-19-8-3-9-20-35)53-51(54-50)42-25-14-28-45-48(42)41-30-29-38(32-46(41)56-45)55-43-26-11-10-23-40(43)47-39(24-13-27-44(47)55)34-17-6-2-7-18-34/h2-3,6,8-15,17,19-32,50-51,54H,1,4-5,7,16,18H2,(H,52,53). The van der Waals surface area contributed by atoms with Gasteiger partial charge in [-0.25, -0.2) is 4.99 Å². The molecule has 2 atom stereocenters. The summed E-state index contributed by atoms with van der Waals surface area (Å²) in [7, 11) is 0. The van der Waals surface area contributed by atoms with E-state index in [4.69, 9.17) is 9.41 Å². The second-order valence-corrected chi connectivity index (χ2v) is 15.3. The van der Waals surface area contributed by atoms with Gasteiger partial charge in [0.25, 0.3) is 0 Å². The van der Waals surface area contributed by atoms with Crippen LogP contribution in [-0.2, 0) is 0 Å². The minimum Gasteiger partial charge on any atom is -0.456 e. The molecule has 3 heterocycles. The summed E-state index contributed by atoms with van der Waals surface area (Å²) in [5.41, 5.74) is 14.0. The normalized spacial score (nSPS) is 18.6. The number of benzene rings is 6. The number of hydrogen-bond donors (Lipinski definition) is 2. The molecule has 0 amide bonds. The van der Waals surface area contributed by atoms with Crippen molar-refractivity contribution in [3.05, 3.63) is 186 Å². The Kier molecular flexibility index (Phi) is 8.06. The molecule has 0 spiro atoms. The molecule has 272 valence electrons. The molecule has 0 saturated heterocycles. The Hall–Kier alpha value is -6.43. The van der Waals surface area contributed by atoms with Crippen molar-refractivity contribution >= 4 is 60.7 Å². The molecule has 1 aliphatic heterocycles. The fourth-order valence-electron chi connectivity index (χ4n) is 9.25. The number of aliphatic imine (C=N–C) groups is 1. The topological polar surface area (TPSA) is 54.5 Å². The summed E-state index contributed by atoms with van der Waals surface area (Å²) in [4.78, 5) is 5.28. The molecule has 8 aromatic rings. The highest BCUT2D eigenvalue weighted by atomic mass is 16.3. The van der Waals surface area contributed by atoms with Crippen molar-refractivity contribution in [2.45, 2.75) is 50.9 Å². The first-order valence-electron chi connectivity index (χ1n) is 20.1. The van der Waals surface area contributed by atoms with Crippen LogP contribution >= 0.6 is 0 Å². The van der Waals surface area contributed by atoms with Crippen LogP contribution in [0, 0.1) is 0 Å². The molecule has 2 aromatic heterocycles. The molecule has 56 heavy (non-hydrogen) atoms. The fraction of sp³-hybridized carbons (Fsp3) is 0.157.